The average molecular weight is 310 g/mol. The van der Waals surface area contributed by atoms with Crippen molar-refractivity contribution in [2.75, 3.05) is 0 Å². The second-order valence-corrected chi connectivity index (χ2v) is 5.27. The highest BCUT2D eigenvalue weighted by Gasteiger charge is 1.99. The highest BCUT2D eigenvalue weighted by atomic mass is 17.1. The Labute approximate surface area is 134 Å². The van der Waals surface area contributed by atoms with Gasteiger partial charge in [0, 0.05) is 6.42 Å². The number of carbonyl (C=O) groups is 1. The number of aliphatic carboxylic acids is 1. The maximum absolute atomic E-state index is 10.3. The van der Waals surface area contributed by atoms with Crippen LogP contribution in [0.4, 0.5) is 0 Å². The first-order valence-electron chi connectivity index (χ1n) is 8.21. The molecule has 4 heteroatoms. The molecule has 0 rings (SSSR count). The molecule has 0 heterocycles. The van der Waals surface area contributed by atoms with Crippen LogP contribution < -0.4 is 0 Å². The van der Waals surface area contributed by atoms with E-state index in [0.717, 1.165) is 44.9 Å². The topological polar surface area (TPSA) is 66.8 Å². The number of hydrogen-bond donors (Lipinski definition) is 2. The van der Waals surface area contributed by atoms with Crippen molar-refractivity contribution in [1.29, 1.82) is 0 Å². The Kier molecular flexibility index (Phi) is 15.0. The molecule has 1 atom stereocenters. The average Bonchev–Trinajstić information content (AvgIpc) is 2.50. The second kappa shape index (κ2) is 16.0. The van der Waals surface area contributed by atoms with Gasteiger partial charge in [-0.1, -0.05) is 62.6 Å². The molecule has 0 aliphatic carbocycles. The van der Waals surface area contributed by atoms with Gasteiger partial charge in [-0.15, -0.1) is 0 Å². The fourth-order valence-corrected chi connectivity index (χ4v) is 1.99. The van der Waals surface area contributed by atoms with Gasteiger partial charge < -0.3 is 5.11 Å². The van der Waals surface area contributed by atoms with E-state index in [-0.39, 0.29) is 12.5 Å². The van der Waals surface area contributed by atoms with Gasteiger partial charge in [-0.3, -0.25) is 10.1 Å². The molecule has 0 fully saturated rings. The van der Waals surface area contributed by atoms with E-state index in [4.69, 9.17) is 10.4 Å². The largest absolute Gasteiger partial charge is 0.481 e. The maximum atomic E-state index is 10.3. The summed E-state index contributed by atoms with van der Waals surface area (Å²) in [5.41, 5.74) is 0. The minimum atomic E-state index is -0.704. The lowest BCUT2D eigenvalue weighted by Gasteiger charge is -2.03. The van der Waals surface area contributed by atoms with Gasteiger partial charge >= 0.3 is 5.97 Å². The number of carboxylic acid groups (broad SMARTS) is 1. The minimum absolute atomic E-state index is 0.284. The molecule has 0 saturated heterocycles. The van der Waals surface area contributed by atoms with Crippen molar-refractivity contribution >= 4 is 5.97 Å². The Hall–Kier alpha value is -1.39. The Morgan fingerprint density at radius 3 is 2.45 bits per heavy atom. The maximum Gasteiger partial charge on any atom is 0.303 e. The Morgan fingerprint density at radius 2 is 1.77 bits per heavy atom. The summed E-state index contributed by atoms with van der Waals surface area (Å²) < 4.78 is 0. The first-order chi connectivity index (χ1) is 10.7. The number of unbranched alkanes of at least 4 members (excludes halogenated alkanes) is 5. The molecule has 22 heavy (non-hydrogen) atoms. The molecule has 0 aromatic rings. The summed E-state index contributed by atoms with van der Waals surface area (Å²) in [6.45, 7) is 2.07. The molecular formula is C18H30O4. The number of rotatable bonds is 14. The summed E-state index contributed by atoms with van der Waals surface area (Å²) in [4.78, 5) is 14.7. The van der Waals surface area contributed by atoms with Crippen molar-refractivity contribution in [2.45, 2.75) is 70.8 Å². The van der Waals surface area contributed by atoms with E-state index in [9.17, 15) is 4.79 Å². The zero-order valence-electron chi connectivity index (χ0n) is 13.6. The first-order valence-corrected chi connectivity index (χ1v) is 8.21. The van der Waals surface area contributed by atoms with Crippen LogP contribution in [-0.4, -0.2) is 22.4 Å². The summed E-state index contributed by atoms with van der Waals surface area (Å²) >= 11 is 0. The van der Waals surface area contributed by atoms with Gasteiger partial charge in [0.05, 0.1) is 0 Å². The van der Waals surface area contributed by atoms with Crippen LogP contribution >= 0.6 is 0 Å². The van der Waals surface area contributed by atoms with E-state index in [1.807, 2.05) is 30.4 Å². The molecule has 0 radical (unpaired) electrons. The highest BCUT2D eigenvalue weighted by molar-refractivity contribution is 5.66. The van der Waals surface area contributed by atoms with Gasteiger partial charge in [0.25, 0.3) is 0 Å². The Balaban J connectivity index is 3.57. The lowest BCUT2D eigenvalue weighted by atomic mass is 10.1. The van der Waals surface area contributed by atoms with E-state index in [0.29, 0.717) is 6.42 Å². The zero-order chi connectivity index (χ0) is 16.5. The number of carboxylic acids is 1. The molecule has 4 nitrogen and oxygen atoms in total. The van der Waals surface area contributed by atoms with Crippen LogP contribution in [0.15, 0.2) is 36.5 Å². The second-order valence-electron chi connectivity index (χ2n) is 5.27. The van der Waals surface area contributed by atoms with Crippen molar-refractivity contribution in [3.8, 4) is 0 Å². The zero-order valence-corrected chi connectivity index (χ0v) is 13.6. The van der Waals surface area contributed by atoms with Gasteiger partial charge in [0.2, 0.25) is 0 Å². The third-order valence-electron chi connectivity index (χ3n) is 3.24. The van der Waals surface area contributed by atoms with Crippen LogP contribution in [-0.2, 0) is 9.68 Å². The summed E-state index contributed by atoms with van der Waals surface area (Å²) in [5, 5.41) is 17.3. The van der Waals surface area contributed by atoms with E-state index in [2.05, 4.69) is 17.9 Å². The predicted molar refractivity (Wildman–Crippen MR) is 89.8 cm³/mol. The summed E-state index contributed by atoms with van der Waals surface area (Å²) in [7, 11) is 0. The lowest BCUT2D eigenvalue weighted by molar-refractivity contribution is -0.264. The van der Waals surface area contributed by atoms with Gasteiger partial charge in [0.15, 0.2) is 0 Å². The molecule has 0 aliphatic heterocycles. The third-order valence-corrected chi connectivity index (χ3v) is 3.24. The molecule has 0 amide bonds. The fraction of sp³-hybridized carbons (Fsp3) is 0.611. The van der Waals surface area contributed by atoms with Crippen molar-refractivity contribution in [3.05, 3.63) is 36.5 Å². The summed E-state index contributed by atoms with van der Waals surface area (Å²) in [6.07, 6.45) is 19.7. The molecule has 126 valence electrons. The molecule has 2 N–H and O–H groups in total. The van der Waals surface area contributed by atoms with Gasteiger partial charge in [0.1, 0.15) is 6.10 Å². The predicted octanol–water partition coefficient (Wildman–Crippen LogP) is 5.13. The summed E-state index contributed by atoms with van der Waals surface area (Å²) in [5.74, 6) is -0.704. The Morgan fingerprint density at radius 1 is 1.05 bits per heavy atom. The van der Waals surface area contributed by atoms with Gasteiger partial charge in [-0.2, -0.15) is 0 Å². The Bertz CT molecular complexity index is 345. The van der Waals surface area contributed by atoms with E-state index in [1.54, 1.807) is 0 Å². The molecular weight excluding hydrogens is 280 g/mol. The van der Waals surface area contributed by atoms with Crippen molar-refractivity contribution in [3.63, 3.8) is 0 Å². The molecule has 0 unspecified atom stereocenters. The quantitative estimate of drug-likeness (QED) is 0.153. The van der Waals surface area contributed by atoms with Crippen LogP contribution in [0.25, 0.3) is 0 Å². The van der Waals surface area contributed by atoms with Crippen LogP contribution in [0.2, 0.25) is 0 Å². The van der Waals surface area contributed by atoms with E-state index < -0.39 is 5.97 Å². The number of hydrogen-bond acceptors (Lipinski definition) is 3. The van der Waals surface area contributed by atoms with Crippen molar-refractivity contribution in [1.82, 2.24) is 0 Å². The van der Waals surface area contributed by atoms with Crippen LogP contribution in [0.3, 0.4) is 0 Å². The fourth-order valence-electron chi connectivity index (χ4n) is 1.99. The monoisotopic (exact) mass is 310 g/mol. The molecule has 0 aliphatic rings. The highest BCUT2D eigenvalue weighted by Crippen LogP contribution is 2.08. The van der Waals surface area contributed by atoms with Crippen molar-refractivity contribution < 1.29 is 20.0 Å². The normalized spacial score (nSPS) is 13.5. The van der Waals surface area contributed by atoms with Crippen LogP contribution in [0, 0.1) is 0 Å². The molecule has 0 aromatic heterocycles. The SMILES string of the molecule is CC/C=C/C[C@@H](/C=C/C=C\CCCCCCCC(=O)O)OO. The van der Waals surface area contributed by atoms with Gasteiger partial charge in [-0.05, 0) is 32.1 Å². The van der Waals surface area contributed by atoms with Gasteiger partial charge in [-0.25, -0.2) is 4.89 Å². The van der Waals surface area contributed by atoms with E-state index in [1.165, 1.54) is 0 Å². The molecule has 0 bridgehead atoms. The van der Waals surface area contributed by atoms with E-state index >= 15 is 0 Å². The minimum Gasteiger partial charge on any atom is -0.481 e. The van der Waals surface area contributed by atoms with Crippen LogP contribution in [0.5, 0.6) is 0 Å². The van der Waals surface area contributed by atoms with Crippen LogP contribution in [0.1, 0.15) is 64.7 Å². The molecule has 0 aromatic carbocycles. The lowest BCUT2D eigenvalue weighted by Crippen LogP contribution is -2.04. The first kappa shape index (κ1) is 20.6. The molecule has 0 spiro atoms. The standard InChI is InChI=1S/C18H30O4/c1-2-3-11-14-17(22-21)15-12-9-7-5-4-6-8-10-13-16-18(19)20/h3,7,9,11-12,15,17,21H,2,4-6,8,10,13-14,16H2,1H3,(H,19,20)/b9-7-,11-3+,15-12+/t17-/m0/s1. The molecule has 0 saturated carbocycles. The van der Waals surface area contributed by atoms with Crippen molar-refractivity contribution in [2.24, 2.45) is 0 Å². The smallest absolute Gasteiger partial charge is 0.303 e. The summed E-state index contributed by atoms with van der Waals surface area (Å²) in [6, 6.07) is 0. The third kappa shape index (κ3) is 15.0. The number of allylic oxidation sites excluding steroid dienone is 4.